The third-order valence-corrected chi connectivity index (χ3v) is 3.91. The van der Waals surface area contributed by atoms with Crippen molar-refractivity contribution in [3.8, 4) is 5.75 Å². The molecule has 9 heteroatoms. The van der Waals surface area contributed by atoms with E-state index in [2.05, 4.69) is 9.72 Å². The number of nitro groups is 1. The summed E-state index contributed by atoms with van der Waals surface area (Å²) < 4.78 is 29.3. The Hall–Kier alpha value is -2.97. The van der Waals surface area contributed by atoms with E-state index in [9.17, 15) is 18.9 Å². The van der Waals surface area contributed by atoms with Gasteiger partial charge < -0.3 is 15.4 Å². The second-order valence-electron chi connectivity index (χ2n) is 5.29. The number of fused-ring (bicyclic) bond motifs is 1. The summed E-state index contributed by atoms with van der Waals surface area (Å²) in [5, 5.41) is 10.9. The topological polar surface area (TPSA) is 94.5 Å². The van der Waals surface area contributed by atoms with E-state index in [0.29, 0.717) is 31.0 Å². The molecule has 0 saturated carbocycles. The molecule has 1 aliphatic heterocycles. The van der Waals surface area contributed by atoms with Crippen molar-refractivity contribution in [3.05, 3.63) is 51.7 Å². The van der Waals surface area contributed by atoms with Gasteiger partial charge in [-0.3, -0.25) is 10.1 Å². The molecule has 2 heterocycles. The Labute approximate surface area is 135 Å². The van der Waals surface area contributed by atoms with Crippen LogP contribution in [0.1, 0.15) is 11.1 Å². The predicted molar refractivity (Wildman–Crippen MR) is 83.1 cm³/mol. The molecule has 0 unspecified atom stereocenters. The molecule has 0 radical (unpaired) electrons. The van der Waals surface area contributed by atoms with Gasteiger partial charge in [-0.25, -0.2) is 4.98 Å². The number of hydrogen-bond donors (Lipinski definition) is 1. The van der Waals surface area contributed by atoms with Crippen molar-refractivity contribution in [2.45, 2.75) is 19.6 Å². The summed E-state index contributed by atoms with van der Waals surface area (Å²) in [5.74, 6) is -0.0411. The number of aromatic nitrogens is 1. The van der Waals surface area contributed by atoms with Gasteiger partial charge in [0, 0.05) is 42.7 Å². The van der Waals surface area contributed by atoms with Gasteiger partial charge in [-0.2, -0.15) is 8.78 Å². The zero-order valence-corrected chi connectivity index (χ0v) is 12.5. The van der Waals surface area contributed by atoms with E-state index < -0.39 is 23.0 Å². The Morgan fingerprint density at radius 1 is 1.38 bits per heavy atom. The Kier molecular flexibility index (Phi) is 4.15. The Morgan fingerprint density at radius 3 is 2.88 bits per heavy atom. The highest BCUT2D eigenvalue weighted by Crippen LogP contribution is 2.35. The molecule has 0 amide bonds. The van der Waals surface area contributed by atoms with Crippen molar-refractivity contribution in [2.75, 3.05) is 17.2 Å². The zero-order chi connectivity index (χ0) is 17.3. The summed E-state index contributed by atoms with van der Waals surface area (Å²) >= 11 is 0. The van der Waals surface area contributed by atoms with Gasteiger partial charge in [0.2, 0.25) is 5.75 Å². The van der Waals surface area contributed by atoms with E-state index >= 15 is 0 Å². The maximum Gasteiger partial charge on any atom is 0.387 e. The molecule has 2 aromatic rings. The number of alkyl halides is 2. The first-order valence-corrected chi connectivity index (χ1v) is 7.16. The van der Waals surface area contributed by atoms with Gasteiger partial charge in [-0.15, -0.1) is 0 Å². The number of ether oxygens (including phenoxy) is 1. The average molecular weight is 336 g/mol. The summed E-state index contributed by atoms with van der Waals surface area (Å²) in [6, 6.07) is 5.81. The number of nitrogens with zero attached hydrogens (tertiary/aromatic N) is 3. The molecular weight excluding hydrogens is 322 g/mol. The number of rotatable bonds is 4. The Bertz CT molecular complexity index is 785. The van der Waals surface area contributed by atoms with Crippen LogP contribution in [0.4, 0.5) is 26.0 Å². The summed E-state index contributed by atoms with van der Waals surface area (Å²) in [5.41, 5.74) is 7.90. The highest BCUT2D eigenvalue weighted by atomic mass is 19.3. The van der Waals surface area contributed by atoms with Crippen LogP contribution in [0.15, 0.2) is 30.5 Å². The fourth-order valence-electron chi connectivity index (χ4n) is 2.75. The summed E-state index contributed by atoms with van der Waals surface area (Å²) in [6.07, 6.45) is 2.36. The molecule has 24 heavy (non-hydrogen) atoms. The highest BCUT2D eigenvalue weighted by Gasteiger charge is 2.23. The van der Waals surface area contributed by atoms with Crippen molar-refractivity contribution in [2.24, 2.45) is 0 Å². The predicted octanol–water partition coefficient (Wildman–Crippen LogP) is 2.74. The lowest BCUT2D eigenvalue weighted by Gasteiger charge is -2.31. The number of halogens is 2. The molecule has 3 rings (SSSR count). The second-order valence-corrected chi connectivity index (χ2v) is 5.29. The molecule has 0 spiro atoms. The van der Waals surface area contributed by atoms with Crippen molar-refractivity contribution in [3.63, 3.8) is 0 Å². The number of hydrogen-bond acceptors (Lipinski definition) is 6. The van der Waals surface area contributed by atoms with Crippen molar-refractivity contribution in [1.82, 2.24) is 4.98 Å². The molecule has 0 saturated heterocycles. The van der Waals surface area contributed by atoms with Crippen LogP contribution in [-0.4, -0.2) is 23.1 Å². The molecule has 126 valence electrons. The van der Waals surface area contributed by atoms with E-state index in [1.54, 1.807) is 6.20 Å². The molecule has 7 nitrogen and oxygen atoms in total. The second kappa shape index (κ2) is 6.26. The van der Waals surface area contributed by atoms with Crippen molar-refractivity contribution >= 4 is 17.2 Å². The number of nitrogen functional groups attached to an aromatic ring is 1. The molecular formula is C15H14F2N4O3. The van der Waals surface area contributed by atoms with Gasteiger partial charge >= 0.3 is 12.3 Å². The van der Waals surface area contributed by atoms with Crippen LogP contribution in [-0.2, 0) is 13.0 Å². The quantitative estimate of drug-likeness (QED) is 0.681. The number of nitrogens with two attached hydrogens (primary N) is 1. The Balaban J connectivity index is 1.93. The van der Waals surface area contributed by atoms with Crippen molar-refractivity contribution in [1.29, 1.82) is 0 Å². The molecule has 0 atom stereocenters. The van der Waals surface area contributed by atoms with Gasteiger partial charge in [0.15, 0.2) is 0 Å². The lowest BCUT2D eigenvalue weighted by Crippen LogP contribution is -2.31. The molecule has 0 fully saturated rings. The number of pyridine rings is 1. The van der Waals surface area contributed by atoms with Gasteiger partial charge in [0.25, 0.3) is 0 Å². The molecule has 1 aromatic heterocycles. The number of nitro benzene ring substituents is 1. The van der Waals surface area contributed by atoms with Gasteiger partial charge in [0.05, 0.1) is 4.92 Å². The summed E-state index contributed by atoms with van der Waals surface area (Å²) in [6.45, 7) is -2.07. The minimum atomic E-state index is -3.14. The first kappa shape index (κ1) is 15.9. The fourth-order valence-corrected chi connectivity index (χ4v) is 2.75. The molecule has 1 aliphatic rings. The largest absolute Gasteiger partial charge is 0.427 e. The van der Waals surface area contributed by atoms with E-state index in [-0.39, 0.29) is 0 Å². The fraction of sp³-hybridized carbons (Fsp3) is 0.267. The molecule has 0 bridgehead atoms. The van der Waals surface area contributed by atoms with Gasteiger partial charge in [-0.1, -0.05) is 0 Å². The summed E-state index contributed by atoms with van der Waals surface area (Å²) in [7, 11) is 0. The van der Waals surface area contributed by atoms with E-state index in [0.717, 1.165) is 17.2 Å². The minimum Gasteiger partial charge on any atom is -0.427 e. The molecule has 1 aromatic carbocycles. The minimum absolute atomic E-state index is 0.420. The van der Waals surface area contributed by atoms with Crippen LogP contribution < -0.4 is 15.4 Å². The molecule has 2 N–H and O–H groups in total. The summed E-state index contributed by atoms with van der Waals surface area (Å²) in [4.78, 5) is 16.1. The van der Waals surface area contributed by atoms with Crippen LogP contribution in [0.25, 0.3) is 0 Å². The highest BCUT2D eigenvalue weighted by molar-refractivity contribution is 5.61. The van der Waals surface area contributed by atoms with E-state index in [1.165, 1.54) is 12.1 Å². The zero-order valence-electron chi connectivity index (χ0n) is 12.5. The smallest absolute Gasteiger partial charge is 0.387 e. The standard InChI is InChI=1S/C15H14F2N4O3/c16-15(17)24-13-7-10(1-2-12(13)21(22)23)20-6-4-9-3-5-19-14(18)11(9)8-20/h1-3,5,7,15H,4,6,8H2,(H2,18,19). The normalized spacial score (nSPS) is 13.7. The Morgan fingerprint density at radius 2 is 2.17 bits per heavy atom. The average Bonchev–Trinajstić information content (AvgIpc) is 2.54. The van der Waals surface area contributed by atoms with Crippen LogP contribution in [0.2, 0.25) is 0 Å². The third-order valence-electron chi connectivity index (χ3n) is 3.91. The van der Waals surface area contributed by atoms with E-state index in [4.69, 9.17) is 5.73 Å². The maximum atomic E-state index is 12.5. The van der Waals surface area contributed by atoms with Gasteiger partial charge in [-0.05, 0) is 24.1 Å². The lowest BCUT2D eigenvalue weighted by molar-refractivity contribution is -0.386. The van der Waals surface area contributed by atoms with Gasteiger partial charge in [0.1, 0.15) is 5.82 Å². The molecule has 0 aliphatic carbocycles. The van der Waals surface area contributed by atoms with Crippen LogP contribution in [0.5, 0.6) is 5.75 Å². The third kappa shape index (κ3) is 3.05. The lowest BCUT2D eigenvalue weighted by atomic mass is 10.0. The monoisotopic (exact) mass is 336 g/mol. The van der Waals surface area contributed by atoms with E-state index in [1.807, 2.05) is 11.0 Å². The first-order chi connectivity index (χ1) is 11.5. The number of benzene rings is 1. The van der Waals surface area contributed by atoms with Crippen LogP contribution in [0, 0.1) is 10.1 Å². The number of anilines is 2. The maximum absolute atomic E-state index is 12.5. The van der Waals surface area contributed by atoms with Crippen LogP contribution in [0.3, 0.4) is 0 Å². The van der Waals surface area contributed by atoms with Crippen LogP contribution >= 0.6 is 0 Å². The SMILES string of the molecule is Nc1nccc2c1CN(c1ccc([N+](=O)[O-])c(OC(F)F)c1)CC2. The van der Waals surface area contributed by atoms with Crippen molar-refractivity contribution < 1.29 is 18.4 Å². The first-order valence-electron chi connectivity index (χ1n) is 7.16.